The fourth-order valence-electron chi connectivity index (χ4n) is 3.00. The van der Waals surface area contributed by atoms with E-state index in [2.05, 4.69) is 15.7 Å². The molecule has 2 heterocycles. The molecule has 0 spiro atoms. The fourth-order valence-corrected chi connectivity index (χ4v) is 4.54. The van der Waals surface area contributed by atoms with Crippen LogP contribution in [0.3, 0.4) is 0 Å². The summed E-state index contributed by atoms with van der Waals surface area (Å²) in [5, 5.41) is 16.1. The lowest BCUT2D eigenvalue weighted by Gasteiger charge is -2.35. The van der Waals surface area contributed by atoms with Gasteiger partial charge in [0, 0.05) is 25.4 Å². The van der Waals surface area contributed by atoms with Gasteiger partial charge in [-0.05, 0) is 25.1 Å². The first-order valence-electron chi connectivity index (χ1n) is 8.99. The highest BCUT2D eigenvalue weighted by Gasteiger charge is 2.37. The summed E-state index contributed by atoms with van der Waals surface area (Å²) in [6.45, 7) is 3.28. The van der Waals surface area contributed by atoms with Crippen molar-refractivity contribution in [3.05, 3.63) is 34.7 Å². The van der Waals surface area contributed by atoms with Gasteiger partial charge in [0.05, 0.1) is 18.8 Å². The fraction of sp³-hybridized carbons (Fsp3) is 0.353. The van der Waals surface area contributed by atoms with Crippen LogP contribution in [0, 0.1) is 0 Å². The summed E-state index contributed by atoms with van der Waals surface area (Å²) in [5.41, 5.74) is -0.572. The number of carbonyl (C=O) groups excluding carboxylic acids is 1. The lowest BCUT2D eigenvalue weighted by atomic mass is 10.2. The molecular formula is C17H21N5O7S. The van der Waals surface area contributed by atoms with E-state index >= 15 is 0 Å². The summed E-state index contributed by atoms with van der Waals surface area (Å²) in [7, 11) is -4.31. The summed E-state index contributed by atoms with van der Waals surface area (Å²) in [6.07, 6.45) is -0.836. The van der Waals surface area contributed by atoms with Crippen LogP contribution in [0.2, 0.25) is 0 Å². The molecular weight excluding hydrogens is 418 g/mol. The van der Waals surface area contributed by atoms with Gasteiger partial charge in [-0.15, -0.1) is 0 Å². The Morgan fingerprint density at radius 3 is 2.70 bits per heavy atom. The molecule has 1 aromatic heterocycles. The third kappa shape index (κ3) is 4.25. The number of aromatic amines is 1. The Morgan fingerprint density at radius 2 is 2.10 bits per heavy atom. The van der Waals surface area contributed by atoms with Gasteiger partial charge < -0.3 is 15.2 Å². The molecule has 3 rings (SSSR count). The maximum absolute atomic E-state index is 13.3. The summed E-state index contributed by atoms with van der Waals surface area (Å²) in [6, 6.07) is 4.14. The lowest BCUT2D eigenvalue weighted by molar-refractivity contribution is -0.119. The molecule has 0 aliphatic carbocycles. The van der Waals surface area contributed by atoms with Crippen LogP contribution in [0.4, 0.5) is 16.2 Å². The van der Waals surface area contributed by atoms with Gasteiger partial charge in [-0.25, -0.2) is 13.2 Å². The van der Waals surface area contributed by atoms with E-state index in [0.29, 0.717) is 6.54 Å². The number of fused-ring (bicyclic) bond motifs is 1. The van der Waals surface area contributed by atoms with E-state index in [0.717, 1.165) is 4.31 Å². The van der Waals surface area contributed by atoms with E-state index in [4.69, 9.17) is 9.84 Å². The van der Waals surface area contributed by atoms with Crippen LogP contribution in [0.25, 0.3) is 0 Å². The largest absolute Gasteiger partial charge is 0.484 e. The standard InChI is InChI=1S/C17H21N5O7S/c1-3-21-9-15(16(24)20-21)30(27,28)22-8-12(7-18-10(2)23)29-14-5-4-11(6-13(14)22)19-17(25)26/h4-6,9,12,19H,3,7-8H2,1-2H3,(H,18,23)(H,20,24)(H,25,26). The van der Waals surface area contributed by atoms with E-state index in [-0.39, 0.29) is 36.1 Å². The van der Waals surface area contributed by atoms with Crippen LogP contribution in [-0.2, 0) is 21.4 Å². The van der Waals surface area contributed by atoms with E-state index in [1.807, 2.05) is 0 Å². The lowest BCUT2D eigenvalue weighted by Crippen LogP contribution is -2.48. The first-order valence-corrected chi connectivity index (χ1v) is 10.4. The van der Waals surface area contributed by atoms with Gasteiger partial charge in [0.1, 0.15) is 11.9 Å². The van der Waals surface area contributed by atoms with Gasteiger partial charge in [-0.2, -0.15) is 0 Å². The van der Waals surface area contributed by atoms with E-state index < -0.39 is 32.7 Å². The Morgan fingerprint density at radius 1 is 1.37 bits per heavy atom. The molecule has 1 unspecified atom stereocenters. The normalized spacial score (nSPS) is 15.8. The highest BCUT2D eigenvalue weighted by Crippen LogP contribution is 2.38. The van der Waals surface area contributed by atoms with Crippen molar-refractivity contribution >= 4 is 33.4 Å². The second-order valence-corrected chi connectivity index (χ2v) is 8.38. The minimum atomic E-state index is -4.31. The molecule has 0 fully saturated rings. The van der Waals surface area contributed by atoms with Gasteiger partial charge in [0.2, 0.25) is 5.91 Å². The number of nitrogens with zero attached hydrogens (tertiary/aromatic N) is 2. The number of aromatic nitrogens is 2. The second kappa shape index (κ2) is 8.10. The Bertz CT molecular complexity index is 1140. The number of aryl methyl sites for hydroxylation is 1. The van der Waals surface area contributed by atoms with Gasteiger partial charge in [0.15, 0.2) is 4.90 Å². The molecule has 1 aliphatic rings. The maximum Gasteiger partial charge on any atom is 0.409 e. The number of amides is 2. The zero-order valence-corrected chi connectivity index (χ0v) is 17.0. The SMILES string of the molecule is CCn1cc(S(=O)(=O)N2CC(CNC(C)=O)Oc3ccc(NC(=O)O)cc32)c(=O)[nH]1. The molecule has 0 radical (unpaired) electrons. The van der Waals surface area contributed by atoms with Crippen LogP contribution in [0.5, 0.6) is 5.75 Å². The average Bonchev–Trinajstić information content (AvgIpc) is 3.07. The van der Waals surface area contributed by atoms with E-state index in [1.165, 1.54) is 36.0 Å². The monoisotopic (exact) mass is 439 g/mol. The van der Waals surface area contributed by atoms with Gasteiger partial charge in [-0.1, -0.05) is 0 Å². The Balaban J connectivity index is 2.07. The molecule has 1 atom stereocenters. The molecule has 12 nitrogen and oxygen atoms in total. The Kier molecular flexibility index (Phi) is 5.73. The first kappa shape index (κ1) is 21.2. The van der Waals surface area contributed by atoms with Crippen LogP contribution in [-0.4, -0.2) is 54.5 Å². The summed E-state index contributed by atoms with van der Waals surface area (Å²) in [5.74, 6) is -0.140. The molecule has 30 heavy (non-hydrogen) atoms. The number of carbonyl (C=O) groups is 2. The van der Waals surface area contributed by atoms with Crippen molar-refractivity contribution in [1.29, 1.82) is 0 Å². The van der Waals surface area contributed by atoms with Crippen molar-refractivity contribution in [2.75, 3.05) is 22.7 Å². The number of ether oxygens (including phenoxy) is 1. The third-order valence-electron chi connectivity index (χ3n) is 4.37. The number of anilines is 2. The average molecular weight is 439 g/mol. The Hall–Kier alpha value is -3.48. The quantitative estimate of drug-likeness (QED) is 0.505. The predicted molar refractivity (Wildman–Crippen MR) is 106 cm³/mol. The number of carboxylic acid groups (broad SMARTS) is 1. The van der Waals surface area contributed by atoms with Crippen molar-refractivity contribution in [2.45, 2.75) is 31.4 Å². The number of rotatable bonds is 6. The highest BCUT2D eigenvalue weighted by molar-refractivity contribution is 7.92. The molecule has 1 aromatic carbocycles. The predicted octanol–water partition coefficient (Wildman–Crippen LogP) is 0.379. The first-order chi connectivity index (χ1) is 14.1. The molecule has 2 amide bonds. The van der Waals surface area contributed by atoms with E-state index in [9.17, 15) is 22.8 Å². The van der Waals surface area contributed by atoms with Crippen LogP contribution in [0.1, 0.15) is 13.8 Å². The molecule has 0 bridgehead atoms. The van der Waals surface area contributed by atoms with Crippen LogP contribution < -0.4 is 25.2 Å². The van der Waals surface area contributed by atoms with E-state index in [1.54, 1.807) is 6.92 Å². The van der Waals surface area contributed by atoms with Gasteiger partial charge in [-0.3, -0.25) is 29.0 Å². The molecule has 4 N–H and O–H groups in total. The number of hydrogen-bond acceptors (Lipinski definition) is 6. The summed E-state index contributed by atoms with van der Waals surface area (Å²) < 4.78 is 34.8. The third-order valence-corrected chi connectivity index (χ3v) is 6.14. The van der Waals surface area contributed by atoms with Gasteiger partial charge in [0.25, 0.3) is 15.6 Å². The summed E-state index contributed by atoms with van der Waals surface area (Å²) in [4.78, 5) is 34.0. The smallest absolute Gasteiger partial charge is 0.409 e. The molecule has 2 aromatic rings. The number of H-pyrrole nitrogens is 1. The second-order valence-electron chi connectivity index (χ2n) is 6.55. The minimum Gasteiger partial charge on any atom is -0.484 e. The highest BCUT2D eigenvalue weighted by atomic mass is 32.2. The van der Waals surface area contributed by atoms with Crippen molar-refractivity contribution in [2.24, 2.45) is 0 Å². The molecule has 162 valence electrons. The maximum atomic E-state index is 13.3. The van der Waals surface area contributed by atoms with Crippen molar-refractivity contribution in [1.82, 2.24) is 15.1 Å². The Labute approximate surface area is 171 Å². The van der Waals surface area contributed by atoms with Crippen molar-refractivity contribution in [3.63, 3.8) is 0 Å². The topological polar surface area (TPSA) is 163 Å². The number of nitrogens with one attached hydrogen (secondary N) is 3. The zero-order valence-electron chi connectivity index (χ0n) is 16.2. The summed E-state index contributed by atoms with van der Waals surface area (Å²) >= 11 is 0. The van der Waals surface area contributed by atoms with Crippen LogP contribution >= 0.6 is 0 Å². The molecule has 1 aliphatic heterocycles. The number of sulfonamides is 1. The zero-order chi connectivity index (χ0) is 22.1. The van der Waals surface area contributed by atoms with Crippen LogP contribution in [0.15, 0.2) is 34.1 Å². The number of hydrogen-bond donors (Lipinski definition) is 4. The van der Waals surface area contributed by atoms with Crippen molar-refractivity contribution in [3.8, 4) is 5.75 Å². The molecule has 13 heteroatoms. The number of benzene rings is 1. The molecule has 0 saturated heterocycles. The van der Waals surface area contributed by atoms with Crippen molar-refractivity contribution < 1.29 is 27.9 Å². The molecule has 0 saturated carbocycles. The minimum absolute atomic E-state index is 0.0439. The van der Waals surface area contributed by atoms with Gasteiger partial charge >= 0.3 is 6.09 Å².